The number of likely N-dealkylation sites (tertiary alicyclic amines) is 1. The van der Waals surface area contributed by atoms with E-state index in [9.17, 15) is 0 Å². The van der Waals surface area contributed by atoms with E-state index in [2.05, 4.69) is 27.4 Å². The maximum Gasteiger partial charge on any atom is 0.190 e. The van der Waals surface area contributed by atoms with Gasteiger partial charge in [0, 0.05) is 36.7 Å². The van der Waals surface area contributed by atoms with Gasteiger partial charge in [0.2, 0.25) is 0 Å². The van der Waals surface area contributed by atoms with Crippen LogP contribution in [0.15, 0.2) is 23.2 Å². The molecule has 142 valence electrons. The molecule has 1 aromatic rings. The highest BCUT2D eigenvalue weighted by Gasteiger charge is 2.20. The minimum absolute atomic E-state index is 0. The molecule has 1 aliphatic rings. The summed E-state index contributed by atoms with van der Waals surface area (Å²) < 4.78 is 0. The van der Waals surface area contributed by atoms with E-state index in [-0.39, 0.29) is 24.0 Å². The smallest absolute Gasteiger partial charge is 0.190 e. The van der Waals surface area contributed by atoms with Crippen LogP contribution in [0.4, 0.5) is 0 Å². The zero-order valence-electron chi connectivity index (χ0n) is 15.0. The topological polar surface area (TPSA) is 39.7 Å². The molecule has 1 heterocycles. The van der Waals surface area contributed by atoms with Gasteiger partial charge in [0.05, 0.1) is 0 Å². The van der Waals surface area contributed by atoms with Gasteiger partial charge in [-0.05, 0) is 56.0 Å². The number of hydrogen-bond acceptors (Lipinski definition) is 2. The van der Waals surface area contributed by atoms with Crippen molar-refractivity contribution in [3.63, 3.8) is 0 Å². The molecule has 1 saturated heterocycles. The SMILES string of the molecule is CCN1CCC(CNC(=NC)NCCCc2ccc(Cl)cc2Cl)C1.I. The van der Waals surface area contributed by atoms with Crippen molar-refractivity contribution in [1.82, 2.24) is 15.5 Å². The molecule has 1 fully saturated rings. The van der Waals surface area contributed by atoms with Gasteiger partial charge in [-0.3, -0.25) is 4.99 Å². The molecule has 1 aromatic carbocycles. The van der Waals surface area contributed by atoms with Gasteiger partial charge in [0.15, 0.2) is 5.96 Å². The third-order valence-electron chi connectivity index (χ3n) is 4.53. The number of aryl methyl sites for hydroxylation is 1. The lowest BCUT2D eigenvalue weighted by Gasteiger charge is -2.16. The molecule has 4 nitrogen and oxygen atoms in total. The van der Waals surface area contributed by atoms with Crippen LogP contribution in [-0.4, -0.2) is 50.6 Å². The standard InChI is InChI=1S/C18H28Cl2N4.HI/c1-3-24-10-8-14(13-24)12-23-18(21-2)22-9-4-5-15-6-7-16(19)11-17(15)20;/h6-7,11,14H,3-5,8-10,12-13H2,1-2H3,(H2,21,22,23);1H. The summed E-state index contributed by atoms with van der Waals surface area (Å²) in [5, 5.41) is 8.24. The van der Waals surface area contributed by atoms with Gasteiger partial charge in [-0.2, -0.15) is 0 Å². The van der Waals surface area contributed by atoms with Crippen molar-refractivity contribution < 1.29 is 0 Å². The van der Waals surface area contributed by atoms with Crippen molar-refractivity contribution in [2.75, 3.05) is 39.8 Å². The zero-order chi connectivity index (χ0) is 17.4. The number of guanidine groups is 1. The van der Waals surface area contributed by atoms with E-state index in [4.69, 9.17) is 23.2 Å². The summed E-state index contributed by atoms with van der Waals surface area (Å²) in [6, 6.07) is 5.68. The molecule has 1 unspecified atom stereocenters. The van der Waals surface area contributed by atoms with E-state index in [1.807, 2.05) is 19.2 Å². The first-order valence-electron chi connectivity index (χ1n) is 8.73. The Hall–Kier alpha value is -0.240. The number of hydrogen-bond donors (Lipinski definition) is 2. The first kappa shape index (κ1) is 22.8. The van der Waals surface area contributed by atoms with E-state index < -0.39 is 0 Å². The lowest BCUT2D eigenvalue weighted by atomic mass is 10.1. The summed E-state index contributed by atoms with van der Waals surface area (Å²) in [5.41, 5.74) is 1.14. The van der Waals surface area contributed by atoms with E-state index in [1.165, 1.54) is 19.5 Å². The molecule has 0 aliphatic carbocycles. The Labute approximate surface area is 178 Å². The van der Waals surface area contributed by atoms with Gasteiger partial charge in [0.1, 0.15) is 0 Å². The monoisotopic (exact) mass is 498 g/mol. The fourth-order valence-electron chi connectivity index (χ4n) is 3.04. The highest BCUT2D eigenvalue weighted by atomic mass is 127. The summed E-state index contributed by atoms with van der Waals surface area (Å²) in [6.45, 7) is 7.63. The maximum absolute atomic E-state index is 6.20. The fraction of sp³-hybridized carbons (Fsp3) is 0.611. The van der Waals surface area contributed by atoms with Crippen LogP contribution in [0.5, 0.6) is 0 Å². The number of halogens is 3. The summed E-state index contributed by atoms with van der Waals surface area (Å²) in [5.74, 6) is 1.60. The van der Waals surface area contributed by atoms with Crippen LogP contribution in [0.1, 0.15) is 25.3 Å². The van der Waals surface area contributed by atoms with Gasteiger partial charge >= 0.3 is 0 Å². The Morgan fingerprint density at radius 2 is 2.12 bits per heavy atom. The van der Waals surface area contributed by atoms with Gasteiger partial charge < -0.3 is 15.5 Å². The lowest BCUT2D eigenvalue weighted by molar-refractivity contribution is 0.342. The molecule has 2 N–H and O–H groups in total. The highest BCUT2D eigenvalue weighted by Crippen LogP contribution is 2.21. The fourth-order valence-corrected chi connectivity index (χ4v) is 3.54. The molecule has 0 aromatic heterocycles. The molecule has 0 bridgehead atoms. The van der Waals surface area contributed by atoms with Crippen LogP contribution in [-0.2, 0) is 6.42 Å². The number of benzene rings is 1. The predicted molar refractivity (Wildman–Crippen MR) is 120 cm³/mol. The van der Waals surface area contributed by atoms with E-state index in [1.54, 1.807) is 6.07 Å². The Kier molecular flexibility index (Phi) is 11.1. The average molecular weight is 499 g/mol. The van der Waals surface area contributed by atoms with Gasteiger partial charge in [-0.1, -0.05) is 36.2 Å². The molecule has 25 heavy (non-hydrogen) atoms. The largest absolute Gasteiger partial charge is 0.356 e. The summed E-state index contributed by atoms with van der Waals surface area (Å²) in [7, 11) is 1.82. The lowest BCUT2D eigenvalue weighted by Crippen LogP contribution is -2.40. The summed E-state index contributed by atoms with van der Waals surface area (Å²) >= 11 is 12.1. The second kappa shape index (κ2) is 12.2. The second-order valence-corrected chi connectivity index (χ2v) is 7.11. The predicted octanol–water partition coefficient (Wildman–Crippen LogP) is 4.05. The van der Waals surface area contributed by atoms with Crippen molar-refractivity contribution in [3.05, 3.63) is 33.8 Å². The quantitative estimate of drug-likeness (QED) is 0.258. The zero-order valence-corrected chi connectivity index (χ0v) is 18.9. The normalized spacial score (nSPS) is 18.1. The Bertz CT molecular complexity index is 554. The van der Waals surface area contributed by atoms with Crippen LogP contribution in [0, 0.1) is 5.92 Å². The van der Waals surface area contributed by atoms with E-state index >= 15 is 0 Å². The van der Waals surface area contributed by atoms with Gasteiger partial charge in [0.25, 0.3) is 0 Å². The Balaban J connectivity index is 0.00000312. The van der Waals surface area contributed by atoms with Gasteiger partial charge in [-0.25, -0.2) is 0 Å². The molecule has 0 amide bonds. The van der Waals surface area contributed by atoms with Crippen LogP contribution in [0.2, 0.25) is 10.0 Å². The van der Waals surface area contributed by atoms with E-state index in [0.29, 0.717) is 5.02 Å². The maximum atomic E-state index is 6.20. The van der Waals surface area contributed by atoms with Crippen molar-refractivity contribution in [2.24, 2.45) is 10.9 Å². The Morgan fingerprint density at radius 1 is 1.32 bits per heavy atom. The van der Waals surface area contributed by atoms with Crippen LogP contribution < -0.4 is 10.6 Å². The molecule has 0 saturated carbocycles. The summed E-state index contributed by atoms with van der Waals surface area (Å²) in [4.78, 5) is 6.80. The van der Waals surface area contributed by atoms with E-state index in [0.717, 1.165) is 54.9 Å². The van der Waals surface area contributed by atoms with Crippen molar-refractivity contribution in [2.45, 2.75) is 26.2 Å². The minimum atomic E-state index is 0. The van der Waals surface area contributed by atoms with Crippen molar-refractivity contribution in [3.8, 4) is 0 Å². The number of aliphatic imine (C=N–C) groups is 1. The minimum Gasteiger partial charge on any atom is -0.356 e. The molecular formula is C18H29Cl2IN4. The third kappa shape index (κ3) is 7.89. The average Bonchev–Trinajstić information content (AvgIpc) is 3.04. The summed E-state index contributed by atoms with van der Waals surface area (Å²) in [6.07, 6.45) is 3.19. The van der Waals surface area contributed by atoms with Crippen LogP contribution in [0.25, 0.3) is 0 Å². The third-order valence-corrected chi connectivity index (χ3v) is 5.12. The van der Waals surface area contributed by atoms with Crippen LogP contribution in [0.3, 0.4) is 0 Å². The molecule has 0 spiro atoms. The Morgan fingerprint density at radius 3 is 2.76 bits per heavy atom. The number of nitrogens with zero attached hydrogens (tertiary/aromatic N) is 2. The molecule has 2 rings (SSSR count). The molecule has 0 radical (unpaired) electrons. The van der Waals surface area contributed by atoms with Crippen molar-refractivity contribution >= 4 is 53.1 Å². The molecule has 1 aliphatic heterocycles. The number of rotatable bonds is 7. The first-order valence-corrected chi connectivity index (χ1v) is 9.48. The molecule has 7 heteroatoms. The van der Waals surface area contributed by atoms with Crippen LogP contribution >= 0.6 is 47.2 Å². The number of nitrogens with one attached hydrogen (secondary N) is 2. The second-order valence-electron chi connectivity index (χ2n) is 6.27. The first-order chi connectivity index (χ1) is 11.6. The highest BCUT2D eigenvalue weighted by molar-refractivity contribution is 14.0. The molecule has 1 atom stereocenters. The molecular weight excluding hydrogens is 470 g/mol. The van der Waals surface area contributed by atoms with Gasteiger partial charge in [-0.15, -0.1) is 24.0 Å². The van der Waals surface area contributed by atoms with Crippen molar-refractivity contribution in [1.29, 1.82) is 0 Å².